The van der Waals surface area contributed by atoms with Crippen LogP contribution in [0.15, 0.2) is 29.8 Å². The van der Waals surface area contributed by atoms with Crippen molar-refractivity contribution in [2.24, 2.45) is 11.7 Å². The maximum atomic E-state index is 12.6. The van der Waals surface area contributed by atoms with Gasteiger partial charge in [0, 0.05) is 18.2 Å². The molecule has 2 heterocycles. The number of para-hydroxylation sites is 1. The maximum absolute atomic E-state index is 12.6. The van der Waals surface area contributed by atoms with E-state index in [2.05, 4.69) is 6.92 Å². The predicted molar refractivity (Wildman–Crippen MR) is 78.3 cm³/mol. The van der Waals surface area contributed by atoms with Crippen LogP contribution >= 0.6 is 0 Å². The number of benzene rings is 1. The normalized spacial score (nSPS) is 24.9. The van der Waals surface area contributed by atoms with E-state index in [1.54, 1.807) is 0 Å². The number of amides is 1. The van der Waals surface area contributed by atoms with Gasteiger partial charge in [-0.15, -0.1) is 0 Å². The lowest BCUT2D eigenvalue weighted by molar-refractivity contribution is -0.128. The van der Waals surface area contributed by atoms with Crippen molar-refractivity contribution in [3.8, 4) is 5.75 Å². The van der Waals surface area contributed by atoms with Gasteiger partial charge in [-0.25, -0.2) is 0 Å². The number of carbonyl (C=O) groups is 1. The van der Waals surface area contributed by atoms with Crippen LogP contribution in [0, 0.1) is 5.92 Å². The number of fused-ring (bicyclic) bond motifs is 1. The number of likely N-dealkylation sites (tertiary alicyclic amines) is 1. The molecule has 1 saturated heterocycles. The van der Waals surface area contributed by atoms with Gasteiger partial charge >= 0.3 is 0 Å². The molecule has 2 atom stereocenters. The smallest absolute Gasteiger partial charge is 0.253 e. The Hall–Kier alpha value is -1.81. The first-order chi connectivity index (χ1) is 9.69. The third kappa shape index (κ3) is 2.31. The van der Waals surface area contributed by atoms with Gasteiger partial charge in [-0.05, 0) is 37.9 Å². The van der Waals surface area contributed by atoms with Crippen molar-refractivity contribution in [1.82, 2.24) is 4.90 Å². The van der Waals surface area contributed by atoms with E-state index in [1.165, 1.54) is 0 Å². The first kappa shape index (κ1) is 13.2. The van der Waals surface area contributed by atoms with Crippen LogP contribution in [0.3, 0.4) is 0 Å². The summed E-state index contributed by atoms with van der Waals surface area (Å²) in [6.07, 6.45) is 2.94. The highest BCUT2D eigenvalue weighted by molar-refractivity contribution is 5.99. The van der Waals surface area contributed by atoms with E-state index in [0.29, 0.717) is 19.1 Å². The second-order valence-corrected chi connectivity index (χ2v) is 5.64. The first-order valence-electron chi connectivity index (χ1n) is 7.12. The lowest BCUT2D eigenvalue weighted by Gasteiger charge is -2.25. The second-order valence-electron chi connectivity index (χ2n) is 5.64. The van der Waals surface area contributed by atoms with E-state index >= 15 is 0 Å². The molecule has 1 aromatic carbocycles. The summed E-state index contributed by atoms with van der Waals surface area (Å²) >= 11 is 0. The largest absolute Gasteiger partial charge is 0.488 e. The van der Waals surface area contributed by atoms with Crippen LogP contribution < -0.4 is 10.5 Å². The zero-order valence-electron chi connectivity index (χ0n) is 11.7. The molecule has 0 spiro atoms. The van der Waals surface area contributed by atoms with E-state index in [0.717, 1.165) is 29.9 Å². The number of hydrogen-bond donors (Lipinski definition) is 1. The highest BCUT2D eigenvalue weighted by atomic mass is 16.5. The summed E-state index contributed by atoms with van der Waals surface area (Å²) in [5.41, 5.74) is 7.43. The molecule has 20 heavy (non-hydrogen) atoms. The van der Waals surface area contributed by atoms with Gasteiger partial charge in [0.05, 0.1) is 5.57 Å². The SMILES string of the molecule is CC1CC(CN)CN1C(=O)C1=Cc2ccccc2OC1. The average Bonchev–Trinajstić information content (AvgIpc) is 2.87. The number of ether oxygens (including phenoxy) is 1. The Bertz CT molecular complexity index is 553. The van der Waals surface area contributed by atoms with Crippen molar-refractivity contribution in [2.45, 2.75) is 19.4 Å². The van der Waals surface area contributed by atoms with E-state index in [9.17, 15) is 4.79 Å². The summed E-state index contributed by atoms with van der Waals surface area (Å²) in [4.78, 5) is 14.6. The van der Waals surface area contributed by atoms with Crippen LogP contribution in [0.25, 0.3) is 6.08 Å². The topological polar surface area (TPSA) is 55.6 Å². The first-order valence-corrected chi connectivity index (χ1v) is 7.12. The summed E-state index contributed by atoms with van der Waals surface area (Å²) in [7, 11) is 0. The van der Waals surface area contributed by atoms with E-state index in [4.69, 9.17) is 10.5 Å². The van der Waals surface area contributed by atoms with Gasteiger partial charge in [-0.1, -0.05) is 18.2 Å². The minimum Gasteiger partial charge on any atom is -0.488 e. The molecule has 0 aliphatic carbocycles. The van der Waals surface area contributed by atoms with Crippen molar-refractivity contribution >= 4 is 12.0 Å². The van der Waals surface area contributed by atoms with Gasteiger partial charge < -0.3 is 15.4 Å². The van der Waals surface area contributed by atoms with Crippen LogP contribution in [0.5, 0.6) is 5.75 Å². The molecule has 1 aromatic rings. The van der Waals surface area contributed by atoms with Crippen molar-refractivity contribution in [3.05, 3.63) is 35.4 Å². The average molecular weight is 272 g/mol. The fourth-order valence-corrected chi connectivity index (χ4v) is 3.02. The molecule has 0 aromatic heterocycles. The molecular weight excluding hydrogens is 252 g/mol. The number of nitrogens with two attached hydrogens (primary N) is 1. The Balaban J connectivity index is 1.81. The Labute approximate surface area is 119 Å². The molecule has 2 N–H and O–H groups in total. The minimum atomic E-state index is 0.0861. The number of hydrogen-bond acceptors (Lipinski definition) is 3. The van der Waals surface area contributed by atoms with Crippen LogP contribution in [-0.4, -0.2) is 36.5 Å². The van der Waals surface area contributed by atoms with E-state index < -0.39 is 0 Å². The highest BCUT2D eigenvalue weighted by Gasteiger charge is 2.33. The van der Waals surface area contributed by atoms with E-state index in [1.807, 2.05) is 35.2 Å². The molecule has 106 valence electrons. The molecule has 1 fully saturated rings. The molecule has 3 rings (SSSR count). The number of rotatable bonds is 2. The summed E-state index contributed by atoms with van der Waals surface area (Å²) in [6, 6.07) is 8.05. The molecule has 4 heteroatoms. The predicted octanol–water partition coefficient (Wildman–Crippen LogP) is 1.66. The minimum absolute atomic E-state index is 0.0861. The van der Waals surface area contributed by atoms with Gasteiger partial charge in [0.2, 0.25) is 0 Å². The molecule has 0 radical (unpaired) electrons. The quantitative estimate of drug-likeness (QED) is 0.890. The van der Waals surface area contributed by atoms with Crippen molar-refractivity contribution in [1.29, 1.82) is 0 Å². The summed E-state index contributed by atoms with van der Waals surface area (Å²) in [5, 5.41) is 0. The zero-order chi connectivity index (χ0) is 14.1. The molecule has 2 aliphatic heterocycles. The van der Waals surface area contributed by atoms with Gasteiger partial charge in [0.1, 0.15) is 12.4 Å². The van der Waals surface area contributed by atoms with Crippen LogP contribution in [0.1, 0.15) is 18.9 Å². The Kier molecular flexibility index (Phi) is 3.49. The van der Waals surface area contributed by atoms with Crippen LogP contribution in [-0.2, 0) is 4.79 Å². The molecule has 2 aliphatic rings. The molecule has 0 bridgehead atoms. The van der Waals surface area contributed by atoms with Gasteiger partial charge in [0.15, 0.2) is 0 Å². The Morgan fingerprint density at radius 3 is 3.00 bits per heavy atom. The zero-order valence-corrected chi connectivity index (χ0v) is 11.7. The van der Waals surface area contributed by atoms with Gasteiger partial charge in [-0.2, -0.15) is 0 Å². The number of nitrogens with zero attached hydrogens (tertiary/aromatic N) is 1. The second kappa shape index (κ2) is 5.29. The third-order valence-corrected chi connectivity index (χ3v) is 4.16. The summed E-state index contributed by atoms with van der Waals surface area (Å²) in [6.45, 7) is 3.85. The molecule has 2 unspecified atom stereocenters. The van der Waals surface area contributed by atoms with Crippen LogP contribution in [0.4, 0.5) is 0 Å². The fraction of sp³-hybridized carbons (Fsp3) is 0.438. The Morgan fingerprint density at radius 2 is 2.25 bits per heavy atom. The Morgan fingerprint density at radius 1 is 1.45 bits per heavy atom. The third-order valence-electron chi connectivity index (χ3n) is 4.16. The molecule has 4 nitrogen and oxygen atoms in total. The summed E-state index contributed by atoms with van der Waals surface area (Å²) < 4.78 is 5.66. The van der Waals surface area contributed by atoms with Gasteiger partial charge in [0.25, 0.3) is 5.91 Å². The molecular formula is C16H20N2O2. The lowest BCUT2D eigenvalue weighted by Crippen LogP contribution is -2.37. The number of carbonyl (C=O) groups excluding carboxylic acids is 1. The highest BCUT2D eigenvalue weighted by Crippen LogP contribution is 2.29. The molecule has 0 saturated carbocycles. The van der Waals surface area contributed by atoms with Crippen molar-refractivity contribution in [3.63, 3.8) is 0 Å². The fourth-order valence-electron chi connectivity index (χ4n) is 3.02. The monoisotopic (exact) mass is 272 g/mol. The van der Waals surface area contributed by atoms with Crippen LogP contribution in [0.2, 0.25) is 0 Å². The van der Waals surface area contributed by atoms with Crippen molar-refractivity contribution in [2.75, 3.05) is 19.7 Å². The standard InChI is InChI=1S/C16H20N2O2/c1-11-6-12(8-17)9-18(11)16(19)14-7-13-4-2-3-5-15(13)20-10-14/h2-5,7,11-12H,6,8-10,17H2,1H3. The molecule has 1 amide bonds. The van der Waals surface area contributed by atoms with E-state index in [-0.39, 0.29) is 11.9 Å². The lowest BCUT2D eigenvalue weighted by atomic mass is 10.1. The van der Waals surface area contributed by atoms with Gasteiger partial charge in [-0.3, -0.25) is 4.79 Å². The maximum Gasteiger partial charge on any atom is 0.253 e. The van der Waals surface area contributed by atoms with Crippen molar-refractivity contribution < 1.29 is 9.53 Å². The summed E-state index contributed by atoms with van der Waals surface area (Å²) in [5.74, 6) is 1.35.